The van der Waals surface area contributed by atoms with Crippen LogP contribution in [0.2, 0.25) is 11.6 Å². The Balaban J connectivity index is 0.000000500. The van der Waals surface area contributed by atoms with Crippen molar-refractivity contribution in [2.75, 3.05) is 0 Å². The standard InChI is InChI=1S/C8H15B.Ar/c1-3-7-5-2-6-8(4-1)9-7;/h7-9H,1-6H2;. The first-order valence-electron chi connectivity index (χ1n) is 4.45. The molecule has 58 valence electrons. The summed E-state index contributed by atoms with van der Waals surface area (Å²) in [5.74, 6) is 2.30. The van der Waals surface area contributed by atoms with Crippen LogP contribution in [0.3, 0.4) is 0 Å². The van der Waals surface area contributed by atoms with Crippen LogP contribution in [-0.2, 0) is 0 Å². The van der Waals surface area contributed by atoms with Gasteiger partial charge in [0, 0.05) is 37.7 Å². The molecular weight excluding hydrogens is 147 g/mol. The molecule has 2 bridgehead atoms. The van der Waals surface area contributed by atoms with Gasteiger partial charge in [0.2, 0.25) is 0 Å². The fraction of sp³-hybridized carbons (Fsp3) is 1.00. The predicted octanol–water partition coefficient (Wildman–Crippen LogP) is 2.37. The van der Waals surface area contributed by atoms with E-state index in [4.69, 9.17) is 0 Å². The average molecular weight is 162 g/mol. The zero-order valence-electron chi connectivity index (χ0n) is 6.46. The zero-order valence-corrected chi connectivity index (χ0v) is 7.17. The van der Waals surface area contributed by atoms with Gasteiger partial charge in [-0.1, -0.05) is 50.2 Å². The fourth-order valence-electron chi connectivity index (χ4n) is 2.62. The van der Waals surface area contributed by atoms with Gasteiger partial charge >= 0.3 is 0 Å². The third-order valence-electron chi connectivity index (χ3n) is 3.12. The summed E-state index contributed by atoms with van der Waals surface area (Å²) in [6.45, 7) is 0. The van der Waals surface area contributed by atoms with Gasteiger partial charge in [-0.3, -0.25) is 0 Å². The molecule has 2 fully saturated rings. The molecule has 2 rings (SSSR count). The van der Waals surface area contributed by atoms with E-state index in [-0.39, 0.29) is 37.7 Å². The largest absolute Gasteiger partial charge is 0.127 e. The van der Waals surface area contributed by atoms with Gasteiger partial charge in [-0.2, -0.15) is 0 Å². The smallest absolute Gasteiger partial charge is 0.0654 e. The number of rotatable bonds is 0. The van der Waals surface area contributed by atoms with Crippen molar-refractivity contribution in [3.05, 3.63) is 0 Å². The number of fused-ring (bicyclic) bond motifs is 2. The second kappa shape index (κ2) is 4.37. The molecule has 0 spiro atoms. The van der Waals surface area contributed by atoms with Crippen LogP contribution in [0.4, 0.5) is 0 Å². The van der Waals surface area contributed by atoms with Crippen molar-refractivity contribution in [1.29, 1.82) is 0 Å². The number of hydrogen-bond acceptors (Lipinski definition) is 0. The predicted molar refractivity (Wildman–Crippen MR) is 42.4 cm³/mol. The third-order valence-corrected chi connectivity index (χ3v) is 3.12. The van der Waals surface area contributed by atoms with Crippen molar-refractivity contribution < 1.29 is 37.7 Å². The summed E-state index contributed by atoms with van der Waals surface area (Å²) in [5, 5.41) is 0. The van der Waals surface area contributed by atoms with Gasteiger partial charge < -0.3 is 0 Å². The first kappa shape index (κ1) is 9.41. The first-order valence-corrected chi connectivity index (χ1v) is 4.45. The maximum absolute atomic E-state index is 1.58. The van der Waals surface area contributed by atoms with E-state index in [9.17, 15) is 0 Å². The molecule has 0 saturated carbocycles. The molecule has 0 radical (unpaired) electrons. The quantitative estimate of drug-likeness (QED) is 0.479. The second-order valence-electron chi connectivity index (χ2n) is 3.83. The summed E-state index contributed by atoms with van der Waals surface area (Å²) < 4.78 is 0. The minimum absolute atomic E-state index is 0. The minimum atomic E-state index is 0. The van der Waals surface area contributed by atoms with Crippen LogP contribution in [0, 0.1) is 37.7 Å². The Morgan fingerprint density at radius 2 is 1.20 bits per heavy atom. The molecule has 10 heavy (non-hydrogen) atoms. The topological polar surface area (TPSA) is 0 Å². The second-order valence-corrected chi connectivity index (χ2v) is 3.83. The normalized spacial score (nSPS) is 37.6. The van der Waals surface area contributed by atoms with Crippen LogP contribution in [-0.4, -0.2) is 7.28 Å². The number of hydrogen-bond donors (Lipinski definition) is 0. The fourth-order valence-corrected chi connectivity index (χ4v) is 2.62. The molecule has 2 aliphatic rings. The van der Waals surface area contributed by atoms with Crippen molar-refractivity contribution >= 4 is 7.28 Å². The van der Waals surface area contributed by atoms with Crippen LogP contribution in [0.5, 0.6) is 0 Å². The van der Waals surface area contributed by atoms with Crippen LogP contribution in [0.1, 0.15) is 38.5 Å². The monoisotopic (exact) mass is 162 g/mol. The average Bonchev–Trinajstić information content (AvgIpc) is 1.88. The Morgan fingerprint density at radius 1 is 0.800 bits per heavy atom. The molecule has 0 aliphatic carbocycles. The zero-order chi connectivity index (χ0) is 6.10. The van der Waals surface area contributed by atoms with E-state index in [1.165, 1.54) is 12.8 Å². The summed E-state index contributed by atoms with van der Waals surface area (Å²) in [6.07, 6.45) is 9.28. The Hall–Kier alpha value is 1.32. The van der Waals surface area contributed by atoms with Gasteiger partial charge in [-0.15, -0.1) is 0 Å². The van der Waals surface area contributed by atoms with E-state index in [2.05, 4.69) is 0 Å². The molecule has 0 aromatic heterocycles. The van der Waals surface area contributed by atoms with Crippen LogP contribution in [0.25, 0.3) is 0 Å². The summed E-state index contributed by atoms with van der Waals surface area (Å²) in [4.78, 5) is 0. The minimum Gasteiger partial charge on any atom is -0.0654 e. The van der Waals surface area contributed by atoms with Gasteiger partial charge in [0.15, 0.2) is 0 Å². The molecule has 0 amide bonds. The van der Waals surface area contributed by atoms with Crippen molar-refractivity contribution in [3.8, 4) is 0 Å². The Kier molecular flexibility index (Phi) is 4.12. The molecule has 0 nitrogen and oxygen atoms in total. The molecule has 2 heteroatoms. The Bertz CT molecular complexity index is 85.4. The van der Waals surface area contributed by atoms with Gasteiger partial charge in [0.05, 0.1) is 0 Å². The molecule has 0 N–H and O–H groups in total. The maximum Gasteiger partial charge on any atom is 0.127 e. The first-order chi connectivity index (χ1) is 4.45. The van der Waals surface area contributed by atoms with Crippen molar-refractivity contribution in [3.63, 3.8) is 0 Å². The summed E-state index contributed by atoms with van der Waals surface area (Å²) >= 11 is 0. The van der Waals surface area contributed by atoms with E-state index in [1.807, 2.05) is 0 Å². The van der Waals surface area contributed by atoms with Crippen LogP contribution >= 0.6 is 0 Å². The molecule has 0 atom stereocenters. The SMILES string of the molecule is B1C2CCCC1CCC2.[Ar]. The summed E-state index contributed by atoms with van der Waals surface area (Å²) in [5.41, 5.74) is 0. The van der Waals surface area contributed by atoms with Gasteiger partial charge in [0.25, 0.3) is 0 Å². The molecule has 2 saturated heterocycles. The Morgan fingerprint density at radius 3 is 1.50 bits per heavy atom. The molecule has 2 heterocycles. The van der Waals surface area contributed by atoms with Crippen molar-refractivity contribution in [1.82, 2.24) is 0 Å². The van der Waals surface area contributed by atoms with E-state index in [0.29, 0.717) is 0 Å². The van der Waals surface area contributed by atoms with E-state index < -0.39 is 0 Å². The maximum atomic E-state index is 1.58. The van der Waals surface area contributed by atoms with Gasteiger partial charge in [0.1, 0.15) is 7.28 Å². The van der Waals surface area contributed by atoms with E-state index in [0.717, 1.165) is 11.6 Å². The Labute approximate surface area is 94.4 Å². The molecule has 0 unspecified atom stereocenters. The summed E-state index contributed by atoms with van der Waals surface area (Å²) in [6, 6.07) is 0. The van der Waals surface area contributed by atoms with Crippen molar-refractivity contribution in [2.45, 2.75) is 50.2 Å². The van der Waals surface area contributed by atoms with E-state index in [1.54, 1.807) is 33.0 Å². The molecule has 2 aliphatic heterocycles. The third kappa shape index (κ3) is 2.15. The summed E-state index contributed by atoms with van der Waals surface area (Å²) in [7, 11) is 1.58. The van der Waals surface area contributed by atoms with Crippen molar-refractivity contribution in [2.24, 2.45) is 0 Å². The van der Waals surface area contributed by atoms with Crippen LogP contribution < -0.4 is 0 Å². The molecular formula is C8H15ArB. The van der Waals surface area contributed by atoms with E-state index >= 15 is 0 Å². The van der Waals surface area contributed by atoms with Gasteiger partial charge in [-0.05, 0) is 0 Å². The molecule has 0 aromatic rings. The van der Waals surface area contributed by atoms with Gasteiger partial charge in [-0.25, -0.2) is 0 Å². The molecule has 0 aromatic carbocycles. The van der Waals surface area contributed by atoms with Crippen LogP contribution in [0.15, 0.2) is 0 Å².